The van der Waals surface area contributed by atoms with Crippen molar-refractivity contribution < 1.29 is 0 Å². The van der Waals surface area contributed by atoms with Gasteiger partial charge < -0.3 is 0 Å². The van der Waals surface area contributed by atoms with Crippen molar-refractivity contribution in [3.63, 3.8) is 0 Å². The molecule has 0 aromatic carbocycles. The molecular formula is C29H56. The van der Waals surface area contributed by atoms with Gasteiger partial charge >= 0.3 is 0 Å². The first kappa shape index (κ1) is 28.6. The molecule has 0 amide bonds. The lowest BCUT2D eigenvalue weighted by Gasteiger charge is -2.14. The second-order valence-corrected chi connectivity index (χ2v) is 9.36. The maximum absolute atomic E-state index is 3.36. The summed E-state index contributed by atoms with van der Waals surface area (Å²) >= 11 is 0. The van der Waals surface area contributed by atoms with Crippen LogP contribution < -0.4 is 0 Å². The zero-order chi connectivity index (χ0) is 21.3. The van der Waals surface area contributed by atoms with Gasteiger partial charge in [0.1, 0.15) is 0 Å². The van der Waals surface area contributed by atoms with E-state index in [0.29, 0.717) is 0 Å². The van der Waals surface area contributed by atoms with E-state index in [4.69, 9.17) is 0 Å². The van der Waals surface area contributed by atoms with Crippen molar-refractivity contribution in [1.82, 2.24) is 0 Å². The predicted molar refractivity (Wildman–Crippen MR) is 134 cm³/mol. The Morgan fingerprint density at radius 2 is 0.759 bits per heavy atom. The smallest absolute Gasteiger partial charge is 0.00886 e. The number of hydrogen-bond donors (Lipinski definition) is 0. The number of rotatable bonds is 22. The molecule has 1 unspecified atom stereocenters. The molecule has 172 valence electrons. The van der Waals surface area contributed by atoms with Crippen molar-refractivity contribution in [2.45, 2.75) is 168 Å². The zero-order valence-corrected chi connectivity index (χ0v) is 20.8. The molecule has 0 spiro atoms. The van der Waals surface area contributed by atoms with E-state index < -0.39 is 0 Å². The van der Waals surface area contributed by atoms with Crippen molar-refractivity contribution in [2.75, 3.05) is 0 Å². The molecule has 0 N–H and O–H groups in total. The molecule has 1 atom stereocenters. The minimum absolute atomic E-state index is 1.01. The Balaban J connectivity index is 3.26. The van der Waals surface area contributed by atoms with E-state index >= 15 is 0 Å². The van der Waals surface area contributed by atoms with Gasteiger partial charge in [0.05, 0.1) is 0 Å². The van der Waals surface area contributed by atoms with Gasteiger partial charge in [-0.2, -0.15) is 0 Å². The van der Waals surface area contributed by atoms with Gasteiger partial charge in [0.15, 0.2) is 0 Å². The fraction of sp³-hybridized carbons (Fsp3) is 0.931. The van der Waals surface area contributed by atoms with Crippen molar-refractivity contribution in [3.8, 4) is 11.8 Å². The number of hydrogen-bond acceptors (Lipinski definition) is 0. The van der Waals surface area contributed by atoms with Gasteiger partial charge in [-0.25, -0.2) is 0 Å². The highest BCUT2D eigenvalue weighted by molar-refractivity contribution is 4.98. The lowest BCUT2D eigenvalue weighted by molar-refractivity contribution is 0.393. The van der Waals surface area contributed by atoms with Crippen LogP contribution in [-0.4, -0.2) is 0 Å². The SMILES string of the molecule is CCCCCC#CCCCCCCCCCCCCC(CC)CCCCCCC. The third kappa shape index (κ3) is 23.7. The van der Waals surface area contributed by atoms with Crippen molar-refractivity contribution >= 4 is 0 Å². The van der Waals surface area contributed by atoms with Gasteiger partial charge in [-0.15, -0.1) is 11.8 Å². The van der Waals surface area contributed by atoms with E-state index in [1.807, 2.05) is 0 Å². The summed E-state index contributed by atoms with van der Waals surface area (Å²) in [5.74, 6) is 7.70. The minimum Gasteiger partial charge on any atom is -0.103 e. The summed E-state index contributed by atoms with van der Waals surface area (Å²) < 4.78 is 0. The van der Waals surface area contributed by atoms with E-state index in [2.05, 4.69) is 32.6 Å². The van der Waals surface area contributed by atoms with E-state index in [1.165, 1.54) is 135 Å². The average molecular weight is 405 g/mol. The van der Waals surface area contributed by atoms with Gasteiger partial charge in [0, 0.05) is 12.8 Å². The minimum atomic E-state index is 1.01. The van der Waals surface area contributed by atoms with Crippen LogP contribution in [0.25, 0.3) is 0 Å². The molecule has 0 aliphatic rings. The molecule has 0 saturated heterocycles. The Hall–Kier alpha value is -0.440. The summed E-state index contributed by atoms with van der Waals surface area (Å²) in [7, 11) is 0. The van der Waals surface area contributed by atoms with Crippen LogP contribution >= 0.6 is 0 Å². The summed E-state index contributed by atoms with van der Waals surface area (Å²) in [6.07, 6.45) is 32.2. The fourth-order valence-corrected chi connectivity index (χ4v) is 4.29. The monoisotopic (exact) mass is 404 g/mol. The molecule has 0 heterocycles. The highest BCUT2D eigenvalue weighted by Crippen LogP contribution is 2.21. The first-order valence-electron chi connectivity index (χ1n) is 13.8. The Bertz CT molecular complexity index is 345. The Labute approximate surface area is 186 Å². The molecule has 0 nitrogen and oxygen atoms in total. The normalized spacial score (nSPS) is 12.0. The molecule has 0 saturated carbocycles. The van der Waals surface area contributed by atoms with Crippen LogP contribution in [0.4, 0.5) is 0 Å². The van der Waals surface area contributed by atoms with Crippen LogP contribution in [0, 0.1) is 17.8 Å². The molecule has 0 aromatic heterocycles. The van der Waals surface area contributed by atoms with Crippen LogP contribution in [0.2, 0.25) is 0 Å². The summed E-state index contributed by atoms with van der Waals surface area (Å²) in [6, 6.07) is 0. The standard InChI is InChI=1S/C29H56/c1-4-7-9-11-12-13-14-15-16-17-18-19-20-21-22-24-26-28-29(6-3)27-25-23-10-8-5-2/h29H,4-11,14-28H2,1-3H3. The van der Waals surface area contributed by atoms with Crippen LogP contribution in [0.15, 0.2) is 0 Å². The second kappa shape index (κ2) is 25.6. The third-order valence-corrected chi connectivity index (χ3v) is 6.49. The van der Waals surface area contributed by atoms with E-state index in [-0.39, 0.29) is 0 Å². The number of unbranched alkanes of at least 4 members (excludes halogenated alkanes) is 17. The molecule has 0 fully saturated rings. The largest absolute Gasteiger partial charge is 0.103 e. The summed E-state index contributed by atoms with van der Waals surface area (Å²) in [5.41, 5.74) is 0. The van der Waals surface area contributed by atoms with Crippen LogP contribution in [0.3, 0.4) is 0 Å². The molecule has 0 radical (unpaired) electrons. The van der Waals surface area contributed by atoms with Gasteiger partial charge in [-0.1, -0.05) is 143 Å². The summed E-state index contributed by atoms with van der Waals surface area (Å²) in [6.45, 7) is 6.96. The highest BCUT2D eigenvalue weighted by atomic mass is 14.1. The molecule has 0 rings (SSSR count). The van der Waals surface area contributed by atoms with Crippen molar-refractivity contribution in [2.24, 2.45) is 5.92 Å². The molecule has 0 aliphatic heterocycles. The molecule has 0 bridgehead atoms. The van der Waals surface area contributed by atoms with Gasteiger partial charge in [-0.05, 0) is 18.8 Å². The first-order valence-corrected chi connectivity index (χ1v) is 13.8. The molecule has 0 aliphatic carbocycles. The average Bonchev–Trinajstić information content (AvgIpc) is 2.74. The van der Waals surface area contributed by atoms with Crippen LogP contribution in [0.5, 0.6) is 0 Å². The molecule has 0 aromatic rings. The maximum Gasteiger partial charge on any atom is 0.00886 e. The lowest BCUT2D eigenvalue weighted by atomic mass is 9.92. The van der Waals surface area contributed by atoms with Crippen molar-refractivity contribution in [1.29, 1.82) is 0 Å². The topological polar surface area (TPSA) is 0 Å². The van der Waals surface area contributed by atoms with Gasteiger partial charge in [0.25, 0.3) is 0 Å². The Kier molecular flexibility index (Phi) is 25.2. The van der Waals surface area contributed by atoms with Crippen LogP contribution in [-0.2, 0) is 0 Å². The first-order chi connectivity index (χ1) is 14.3. The summed E-state index contributed by atoms with van der Waals surface area (Å²) in [4.78, 5) is 0. The summed E-state index contributed by atoms with van der Waals surface area (Å²) in [5, 5.41) is 0. The molecular weight excluding hydrogens is 348 g/mol. The van der Waals surface area contributed by atoms with E-state index in [0.717, 1.165) is 18.8 Å². The van der Waals surface area contributed by atoms with Gasteiger partial charge in [0.2, 0.25) is 0 Å². The Morgan fingerprint density at radius 1 is 0.414 bits per heavy atom. The van der Waals surface area contributed by atoms with Gasteiger partial charge in [-0.3, -0.25) is 0 Å². The molecule has 29 heavy (non-hydrogen) atoms. The maximum atomic E-state index is 3.36. The molecule has 0 heteroatoms. The van der Waals surface area contributed by atoms with E-state index in [1.54, 1.807) is 0 Å². The Morgan fingerprint density at radius 3 is 1.21 bits per heavy atom. The second-order valence-electron chi connectivity index (χ2n) is 9.36. The predicted octanol–water partition coefficient (Wildman–Crippen LogP) is 10.6. The van der Waals surface area contributed by atoms with E-state index in [9.17, 15) is 0 Å². The third-order valence-electron chi connectivity index (χ3n) is 6.49. The quantitative estimate of drug-likeness (QED) is 0.124. The lowest BCUT2D eigenvalue weighted by Crippen LogP contribution is -1.99. The fourth-order valence-electron chi connectivity index (χ4n) is 4.29. The van der Waals surface area contributed by atoms with Crippen molar-refractivity contribution in [3.05, 3.63) is 0 Å². The highest BCUT2D eigenvalue weighted by Gasteiger charge is 2.05. The van der Waals surface area contributed by atoms with Crippen LogP contribution in [0.1, 0.15) is 168 Å². The zero-order valence-electron chi connectivity index (χ0n) is 20.8.